The minimum atomic E-state index is -0.479. The summed E-state index contributed by atoms with van der Waals surface area (Å²) in [6, 6.07) is 0. The SMILES string of the molecule is CCC1(O)CCN(c2nsc(N3CCN(C)CC3)n2)CC1. The van der Waals surface area contributed by atoms with Gasteiger partial charge in [0, 0.05) is 50.8 Å². The van der Waals surface area contributed by atoms with Gasteiger partial charge in [0.2, 0.25) is 11.1 Å². The van der Waals surface area contributed by atoms with E-state index in [-0.39, 0.29) is 0 Å². The fraction of sp³-hybridized carbons (Fsp3) is 0.857. The van der Waals surface area contributed by atoms with Crippen molar-refractivity contribution in [2.24, 2.45) is 0 Å². The van der Waals surface area contributed by atoms with Crippen LogP contribution in [-0.4, -0.2) is 71.3 Å². The molecule has 1 aromatic heterocycles. The Labute approximate surface area is 130 Å². The minimum absolute atomic E-state index is 0.479. The van der Waals surface area contributed by atoms with Crippen LogP contribution in [0, 0.1) is 0 Å². The van der Waals surface area contributed by atoms with Gasteiger partial charge in [-0.25, -0.2) is 0 Å². The smallest absolute Gasteiger partial charge is 0.239 e. The number of hydrogen-bond acceptors (Lipinski definition) is 7. The summed E-state index contributed by atoms with van der Waals surface area (Å²) >= 11 is 1.50. The Bertz CT molecular complexity index is 464. The molecule has 3 heterocycles. The summed E-state index contributed by atoms with van der Waals surface area (Å²) in [6.45, 7) is 7.99. The molecular weight excluding hydrogens is 286 g/mol. The van der Waals surface area contributed by atoms with E-state index in [1.165, 1.54) is 11.5 Å². The zero-order chi connectivity index (χ0) is 14.9. The Hall–Kier alpha value is -0.920. The maximum absolute atomic E-state index is 10.3. The van der Waals surface area contributed by atoms with Crippen molar-refractivity contribution in [2.45, 2.75) is 31.8 Å². The summed E-state index contributed by atoms with van der Waals surface area (Å²) in [4.78, 5) is 11.6. The van der Waals surface area contributed by atoms with E-state index in [2.05, 4.69) is 33.0 Å². The Morgan fingerprint density at radius 1 is 1.10 bits per heavy atom. The number of nitrogens with zero attached hydrogens (tertiary/aromatic N) is 5. The molecule has 2 saturated heterocycles. The molecule has 2 aliphatic rings. The molecule has 2 aliphatic heterocycles. The van der Waals surface area contributed by atoms with Crippen molar-refractivity contribution in [3.8, 4) is 0 Å². The standard InChI is InChI=1S/C14H25N5OS/c1-3-14(20)4-6-18(7-5-14)12-15-13(21-16-12)19-10-8-17(2)9-11-19/h20H,3-11H2,1-2H3. The van der Waals surface area contributed by atoms with E-state index >= 15 is 0 Å². The summed E-state index contributed by atoms with van der Waals surface area (Å²) in [6.07, 6.45) is 2.46. The third kappa shape index (κ3) is 3.30. The lowest BCUT2D eigenvalue weighted by molar-refractivity contribution is 0.0124. The first-order chi connectivity index (χ1) is 10.1. The molecule has 3 rings (SSSR count). The van der Waals surface area contributed by atoms with E-state index in [9.17, 15) is 5.11 Å². The average molecular weight is 311 g/mol. The van der Waals surface area contributed by atoms with Crippen molar-refractivity contribution in [1.29, 1.82) is 0 Å². The highest BCUT2D eigenvalue weighted by Gasteiger charge is 2.32. The summed E-state index contributed by atoms with van der Waals surface area (Å²) in [5, 5.41) is 11.3. The molecule has 2 fully saturated rings. The van der Waals surface area contributed by atoms with Gasteiger partial charge < -0.3 is 19.8 Å². The van der Waals surface area contributed by atoms with Crippen molar-refractivity contribution >= 4 is 22.6 Å². The molecule has 0 aromatic carbocycles. The highest BCUT2D eigenvalue weighted by atomic mass is 32.1. The summed E-state index contributed by atoms with van der Waals surface area (Å²) < 4.78 is 4.53. The van der Waals surface area contributed by atoms with Crippen molar-refractivity contribution in [3.63, 3.8) is 0 Å². The molecule has 0 amide bonds. The summed E-state index contributed by atoms with van der Waals surface area (Å²) in [5.74, 6) is 0.840. The average Bonchev–Trinajstić information content (AvgIpc) is 2.98. The third-order valence-corrected chi connectivity index (χ3v) is 5.58. The van der Waals surface area contributed by atoms with Gasteiger partial charge in [-0.1, -0.05) is 6.92 Å². The second kappa shape index (κ2) is 6.06. The predicted octanol–water partition coefficient (Wildman–Crippen LogP) is 1.03. The molecule has 0 aliphatic carbocycles. The third-order valence-electron chi connectivity index (χ3n) is 4.81. The number of aliphatic hydroxyl groups is 1. The van der Waals surface area contributed by atoms with Crippen LogP contribution in [0.4, 0.5) is 11.1 Å². The molecule has 0 radical (unpaired) electrons. The van der Waals surface area contributed by atoms with Crippen LogP contribution in [0.5, 0.6) is 0 Å². The van der Waals surface area contributed by atoms with Gasteiger partial charge in [-0.2, -0.15) is 9.36 Å². The molecule has 6 nitrogen and oxygen atoms in total. The molecule has 0 bridgehead atoms. The molecule has 21 heavy (non-hydrogen) atoms. The number of rotatable bonds is 3. The summed E-state index contributed by atoms with van der Waals surface area (Å²) in [7, 11) is 2.16. The number of anilines is 2. The molecule has 118 valence electrons. The lowest BCUT2D eigenvalue weighted by Gasteiger charge is -2.37. The maximum atomic E-state index is 10.3. The first kappa shape index (κ1) is 15.0. The minimum Gasteiger partial charge on any atom is -0.390 e. The quantitative estimate of drug-likeness (QED) is 0.900. The fourth-order valence-electron chi connectivity index (χ4n) is 2.94. The largest absolute Gasteiger partial charge is 0.390 e. The zero-order valence-corrected chi connectivity index (χ0v) is 13.8. The first-order valence-electron chi connectivity index (χ1n) is 7.84. The van der Waals surface area contributed by atoms with Crippen LogP contribution >= 0.6 is 11.5 Å². The van der Waals surface area contributed by atoms with Crippen molar-refractivity contribution in [2.75, 3.05) is 56.1 Å². The molecule has 0 unspecified atom stereocenters. The lowest BCUT2D eigenvalue weighted by atomic mass is 9.89. The van der Waals surface area contributed by atoms with Crippen LogP contribution in [-0.2, 0) is 0 Å². The molecule has 0 saturated carbocycles. The summed E-state index contributed by atoms with van der Waals surface area (Å²) in [5.41, 5.74) is -0.479. The van der Waals surface area contributed by atoms with Gasteiger partial charge in [0.25, 0.3) is 0 Å². The monoisotopic (exact) mass is 311 g/mol. The van der Waals surface area contributed by atoms with Crippen molar-refractivity contribution < 1.29 is 5.11 Å². The van der Waals surface area contributed by atoms with Gasteiger partial charge in [0.1, 0.15) is 0 Å². The van der Waals surface area contributed by atoms with E-state index in [4.69, 9.17) is 4.98 Å². The van der Waals surface area contributed by atoms with E-state index in [1.807, 2.05) is 0 Å². The van der Waals surface area contributed by atoms with Gasteiger partial charge in [-0.15, -0.1) is 0 Å². The van der Waals surface area contributed by atoms with Crippen molar-refractivity contribution in [1.82, 2.24) is 14.3 Å². The number of likely N-dealkylation sites (N-methyl/N-ethyl adjacent to an activating group) is 1. The Balaban J connectivity index is 1.61. The molecule has 7 heteroatoms. The first-order valence-corrected chi connectivity index (χ1v) is 8.61. The van der Waals surface area contributed by atoms with E-state index in [1.54, 1.807) is 0 Å². The lowest BCUT2D eigenvalue weighted by Crippen LogP contribution is -2.45. The Kier molecular flexibility index (Phi) is 4.33. The second-order valence-corrected chi connectivity index (χ2v) is 6.96. The highest BCUT2D eigenvalue weighted by molar-refractivity contribution is 7.09. The van der Waals surface area contributed by atoms with Crippen LogP contribution in [0.1, 0.15) is 26.2 Å². The Morgan fingerprint density at radius 2 is 1.76 bits per heavy atom. The molecule has 0 atom stereocenters. The van der Waals surface area contributed by atoms with E-state index < -0.39 is 5.60 Å². The van der Waals surface area contributed by atoms with Gasteiger partial charge in [0.15, 0.2) is 0 Å². The zero-order valence-electron chi connectivity index (χ0n) is 13.0. The van der Waals surface area contributed by atoms with Gasteiger partial charge in [-0.05, 0) is 26.3 Å². The van der Waals surface area contributed by atoms with Crippen LogP contribution < -0.4 is 9.80 Å². The molecule has 1 N–H and O–H groups in total. The van der Waals surface area contributed by atoms with Crippen LogP contribution in [0.25, 0.3) is 0 Å². The molecule has 0 spiro atoms. The predicted molar refractivity (Wildman–Crippen MR) is 86.3 cm³/mol. The van der Waals surface area contributed by atoms with Gasteiger partial charge in [0.05, 0.1) is 5.60 Å². The van der Waals surface area contributed by atoms with Gasteiger partial charge in [-0.3, -0.25) is 0 Å². The van der Waals surface area contributed by atoms with E-state index in [0.717, 1.165) is 69.6 Å². The molecular formula is C14H25N5OS. The Morgan fingerprint density at radius 3 is 2.38 bits per heavy atom. The van der Waals surface area contributed by atoms with E-state index in [0.29, 0.717) is 0 Å². The number of aromatic nitrogens is 2. The fourth-order valence-corrected chi connectivity index (χ4v) is 3.68. The normalized spacial score (nSPS) is 23.6. The number of piperazine rings is 1. The number of piperidine rings is 1. The molecule has 1 aromatic rings. The highest BCUT2D eigenvalue weighted by Crippen LogP contribution is 2.29. The van der Waals surface area contributed by atoms with Crippen LogP contribution in [0.2, 0.25) is 0 Å². The topological polar surface area (TPSA) is 55.7 Å². The maximum Gasteiger partial charge on any atom is 0.239 e. The number of hydrogen-bond donors (Lipinski definition) is 1. The van der Waals surface area contributed by atoms with Gasteiger partial charge >= 0.3 is 0 Å². The van der Waals surface area contributed by atoms with Crippen LogP contribution in [0.15, 0.2) is 0 Å². The van der Waals surface area contributed by atoms with Crippen molar-refractivity contribution in [3.05, 3.63) is 0 Å². The second-order valence-electron chi connectivity index (χ2n) is 6.23. The van der Waals surface area contributed by atoms with Crippen LogP contribution in [0.3, 0.4) is 0 Å².